The number of halogens is 1. The number of hydrogen-bond donors (Lipinski definition) is 5. The van der Waals surface area contributed by atoms with Gasteiger partial charge in [0.15, 0.2) is 12.5 Å². The summed E-state index contributed by atoms with van der Waals surface area (Å²) in [7, 11) is 0. The molecule has 1 aliphatic heterocycles. The average molecular weight is 398 g/mol. The fourth-order valence-electron chi connectivity index (χ4n) is 3.00. The van der Waals surface area contributed by atoms with E-state index in [0.29, 0.717) is 5.01 Å². The molecule has 2 amide bonds. The third-order valence-corrected chi connectivity index (χ3v) is 4.62. The number of aliphatic hydroxyl groups is 4. The average Bonchev–Trinajstić information content (AvgIpc) is 3.12. The maximum atomic E-state index is 11.9. The largest absolute Gasteiger partial charge is 0.387 e. The van der Waals surface area contributed by atoms with Crippen molar-refractivity contribution in [2.24, 2.45) is 5.29 Å². The molecule has 12 heteroatoms. The molecule has 2 aliphatic rings. The van der Waals surface area contributed by atoms with Crippen LogP contribution in [0.4, 0.5) is 4.79 Å². The molecule has 1 heterocycles. The minimum atomic E-state index is -1.80. The number of carbonyl (C=O) groups excluding carboxylic acids is 1. The summed E-state index contributed by atoms with van der Waals surface area (Å²) < 4.78 is 11.0. The summed E-state index contributed by atoms with van der Waals surface area (Å²) in [6.07, 6.45) is -6.13. The number of carbonyl (C=O) groups is 1. The maximum absolute atomic E-state index is 11.9. The van der Waals surface area contributed by atoms with Crippen molar-refractivity contribution >= 4 is 17.6 Å². The summed E-state index contributed by atoms with van der Waals surface area (Å²) in [6, 6.07) is -1.06. The number of nitroso groups, excluding NO2 is 1. The zero-order chi connectivity index (χ0) is 19.3. The molecular formula is C14H24ClN3O8. The molecule has 26 heavy (non-hydrogen) atoms. The number of alkyl halides is 1. The van der Waals surface area contributed by atoms with Crippen LogP contribution in [0.5, 0.6) is 0 Å². The molecule has 1 aliphatic carbocycles. The fraction of sp³-hybridized carbons (Fsp3) is 0.929. The van der Waals surface area contributed by atoms with Crippen LogP contribution in [0.15, 0.2) is 5.29 Å². The third-order valence-electron chi connectivity index (χ3n) is 4.45. The van der Waals surface area contributed by atoms with Crippen LogP contribution in [0.25, 0.3) is 0 Å². The highest BCUT2D eigenvalue weighted by Crippen LogP contribution is 2.29. The summed E-state index contributed by atoms with van der Waals surface area (Å²) >= 11 is 5.44. The van der Waals surface area contributed by atoms with E-state index in [0.717, 1.165) is 25.7 Å². The van der Waals surface area contributed by atoms with Crippen LogP contribution >= 0.6 is 11.6 Å². The lowest BCUT2D eigenvalue weighted by atomic mass is 9.97. The standard InChI is InChI=1S/C14H24ClN3O8/c15-5-6-18(17-24)14(23)16-12(22)11-9(20)8(19)10(21)13(26-11)25-7-3-1-2-4-7/h7-13,19-22H,1-6H2,(H,16,23)/t8-,9-,10+,11-,12?,13-/m0/s1. The van der Waals surface area contributed by atoms with Crippen molar-refractivity contribution in [1.82, 2.24) is 10.3 Å². The SMILES string of the molecule is O=NN(CCCl)C(=O)NC(O)[C@H]1O[C@H](OC2CCCC2)[C@H](O)[C@@H](O)[C@@H]1O. The van der Waals surface area contributed by atoms with Crippen molar-refractivity contribution in [3.05, 3.63) is 4.91 Å². The molecule has 0 aromatic rings. The van der Waals surface area contributed by atoms with Crippen molar-refractivity contribution in [3.8, 4) is 0 Å². The van der Waals surface area contributed by atoms with Gasteiger partial charge in [0, 0.05) is 5.88 Å². The predicted octanol–water partition coefficient (Wildman–Crippen LogP) is -0.997. The minimum absolute atomic E-state index is 0.0555. The zero-order valence-corrected chi connectivity index (χ0v) is 14.7. The van der Waals surface area contributed by atoms with E-state index in [-0.39, 0.29) is 18.5 Å². The van der Waals surface area contributed by atoms with E-state index in [1.54, 1.807) is 0 Å². The quantitative estimate of drug-likeness (QED) is 0.158. The summed E-state index contributed by atoms with van der Waals surface area (Å²) in [5.74, 6) is -0.0555. The topological polar surface area (TPSA) is 161 Å². The second kappa shape index (κ2) is 9.74. The molecule has 0 aromatic carbocycles. The van der Waals surface area contributed by atoms with Gasteiger partial charge >= 0.3 is 6.03 Å². The summed E-state index contributed by atoms with van der Waals surface area (Å²) in [6.45, 7) is -0.188. The van der Waals surface area contributed by atoms with Gasteiger partial charge in [0.25, 0.3) is 0 Å². The molecule has 1 saturated carbocycles. The molecule has 0 spiro atoms. The van der Waals surface area contributed by atoms with Crippen LogP contribution in [0, 0.1) is 4.91 Å². The summed E-state index contributed by atoms with van der Waals surface area (Å²) in [4.78, 5) is 22.5. The predicted molar refractivity (Wildman–Crippen MR) is 87.8 cm³/mol. The molecule has 5 N–H and O–H groups in total. The lowest BCUT2D eigenvalue weighted by Crippen LogP contribution is -2.64. The number of ether oxygens (including phenoxy) is 2. The summed E-state index contributed by atoms with van der Waals surface area (Å²) in [5.41, 5.74) is 0. The Morgan fingerprint density at radius 1 is 1.27 bits per heavy atom. The smallest absolute Gasteiger partial charge is 0.342 e. The first-order chi connectivity index (χ1) is 12.4. The van der Waals surface area contributed by atoms with Crippen molar-refractivity contribution in [3.63, 3.8) is 0 Å². The normalized spacial score (nSPS) is 33.7. The highest BCUT2D eigenvalue weighted by molar-refractivity contribution is 6.18. The Kier molecular flexibility index (Phi) is 7.95. The van der Waals surface area contributed by atoms with Gasteiger partial charge in [0.05, 0.1) is 17.9 Å². The van der Waals surface area contributed by atoms with Gasteiger partial charge in [-0.2, -0.15) is 5.01 Å². The van der Waals surface area contributed by atoms with Gasteiger partial charge in [-0.25, -0.2) is 4.79 Å². The first-order valence-electron chi connectivity index (χ1n) is 8.39. The van der Waals surface area contributed by atoms with Crippen molar-refractivity contribution in [2.75, 3.05) is 12.4 Å². The summed E-state index contributed by atoms with van der Waals surface area (Å²) in [5, 5.41) is 45.2. The molecule has 2 rings (SSSR count). The van der Waals surface area contributed by atoms with E-state index < -0.39 is 43.0 Å². The molecule has 0 aromatic heterocycles. The highest BCUT2D eigenvalue weighted by atomic mass is 35.5. The lowest BCUT2D eigenvalue weighted by Gasteiger charge is -2.42. The van der Waals surface area contributed by atoms with Crippen molar-refractivity contribution in [1.29, 1.82) is 0 Å². The molecule has 2 fully saturated rings. The first-order valence-corrected chi connectivity index (χ1v) is 8.93. The minimum Gasteiger partial charge on any atom is -0.387 e. The lowest BCUT2D eigenvalue weighted by molar-refractivity contribution is -0.320. The van der Waals surface area contributed by atoms with Gasteiger partial charge in [-0.3, -0.25) is 0 Å². The number of nitrogens with one attached hydrogen (secondary N) is 1. The van der Waals surface area contributed by atoms with Crippen LogP contribution in [0.1, 0.15) is 25.7 Å². The Labute approximate surface area is 154 Å². The van der Waals surface area contributed by atoms with Crippen LogP contribution < -0.4 is 5.32 Å². The Balaban J connectivity index is 2.00. The van der Waals surface area contributed by atoms with E-state index in [2.05, 4.69) is 5.29 Å². The zero-order valence-electron chi connectivity index (χ0n) is 14.0. The second-order valence-electron chi connectivity index (χ2n) is 6.27. The molecule has 150 valence electrons. The Hall–Kier alpha value is -1.08. The Morgan fingerprint density at radius 3 is 2.50 bits per heavy atom. The number of aliphatic hydroxyl groups excluding tert-OH is 4. The van der Waals surface area contributed by atoms with Crippen LogP contribution in [-0.2, 0) is 9.47 Å². The Morgan fingerprint density at radius 2 is 1.92 bits per heavy atom. The van der Waals surface area contributed by atoms with Gasteiger partial charge in [0.2, 0.25) is 0 Å². The first kappa shape index (κ1) is 21.2. The van der Waals surface area contributed by atoms with Gasteiger partial charge in [-0.05, 0) is 12.8 Å². The van der Waals surface area contributed by atoms with E-state index in [4.69, 9.17) is 21.1 Å². The molecule has 0 radical (unpaired) electrons. The number of rotatable bonds is 7. The molecule has 1 unspecified atom stereocenters. The second-order valence-corrected chi connectivity index (χ2v) is 6.65. The van der Waals surface area contributed by atoms with E-state index in [1.165, 1.54) is 0 Å². The monoisotopic (exact) mass is 397 g/mol. The number of nitrogens with zero attached hydrogens (tertiary/aromatic N) is 2. The Bertz CT molecular complexity index is 481. The van der Waals surface area contributed by atoms with Crippen molar-refractivity contribution in [2.45, 2.75) is 68.7 Å². The van der Waals surface area contributed by atoms with Crippen LogP contribution in [-0.4, -0.2) is 86.9 Å². The molecule has 11 nitrogen and oxygen atoms in total. The van der Waals surface area contributed by atoms with E-state index in [1.807, 2.05) is 5.32 Å². The van der Waals surface area contributed by atoms with Gasteiger partial charge in [0.1, 0.15) is 24.4 Å². The van der Waals surface area contributed by atoms with Gasteiger partial charge in [-0.15, -0.1) is 16.5 Å². The molecule has 6 atom stereocenters. The van der Waals surface area contributed by atoms with Gasteiger partial charge < -0.3 is 35.2 Å². The maximum Gasteiger partial charge on any atom is 0.342 e. The third kappa shape index (κ3) is 5.00. The number of urea groups is 1. The molecular weight excluding hydrogens is 374 g/mol. The molecule has 0 bridgehead atoms. The fourth-order valence-corrected chi connectivity index (χ4v) is 3.16. The highest BCUT2D eigenvalue weighted by Gasteiger charge is 2.48. The number of amides is 2. The van der Waals surface area contributed by atoms with Crippen LogP contribution in [0.2, 0.25) is 0 Å². The molecule has 1 saturated heterocycles. The van der Waals surface area contributed by atoms with E-state index in [9.17, 15) is 30.1 Å². The van der Waals surface area contributed by atoms with Crippen molar-refractivity contribution < 1.29 is 34.7 Å². The van der Waals surface area contributed by atoms with E-state index >= 15 is 0 Å². The van der Waals surface area contributed by atoms with Crippen LogP contribution in [0.3, 0.4) is 0 Å². The number of hydrogen-bond acceptors (Lipinski definition) is 9. The van der Waals surface area contributed by atoms with Gasteiger partial charge in [-0.1, -0.05) is 12.8 Å².